The fraction of sp³-hybridized carbons (Fsp3) is 0.261. The lowest BCUT2D eigenvalue weighted by Gasteiger charge is -2.21. The monoisotopic (exact) mass is 487 g/mol. The first-order valence-electron chi connectivity index (χ1n) is 9.88. The Morgan fingerprint density at radius 2 is 2.00 bits per heavy atom. The van der Waals surface area contributed by atoms with Gasteiger partial charge in [-0.2, -0.15) is 0 Å². The first-order chi connectivity index (χ1) is 15.3. The largest absolute Gasteiger partial charge is 0.495 e. The smallest absolute Gasteiger partial charge is 0.277 e. The van der Waals surface area contributed by atoms with Crippen LogP contribution in [-0.2, 0) is 10.2 Å². The second kappa shape index (κ2) is 9.13. The number of amides is 1. The van der Waals surface area contributed by atoms with Gasteiger partial charge in [-0.25, -0.2) is 0 Å². The normalized spacial score (nSPS) is 11.7. The molecule has 2 heterocycles. The summed E-state index contributed by atoms with van der Waals surface area (Å²) < 4.78 is 12.2. The van der Waals surface area contributed by atoms with Crippen LogP contribution in [0.5, 0.6) is 5.75 Å². The van der Waals surface area contributed by atoms with Crippen molar-refractivity contribution in [1.82, 2.24) is 10.2 Å². The highest BCUT2D eigenvalue weighted by atomic mass is 35.5. The Labute approximate surface area is 199 Å². The number of aromatic nitrogens is 2. The van der Waals surface area contributed by atoms with E-state index in [0.29, 0.717) is 27.6 Å². The van der Waals surface area contributed by atoms with Crippen LogP contribution in [-0.4, -0.2) is 29.0 Å². The molecular formula is C23H22ClN3O3S2. The van der Waals surface area contributed by atoms with Crippen molar-refractivity contribution >= 4 is 56.4 Å². The Balaban J connectivity index is 1.44. The molecule has 0 spiro atoms. The SMILES string of the molecule is COc1ccc(C(C)(C)C)cc1NC(=O)CSc1nnc(-c2sc3ccccc3c2Cl)o1. The van der Waals surface area contributed by atoms with E-state index in [4.69, 9.17) is 20.8 Å². The highest BCUT2D eigenvalue weighted by molar-refractivity contribution is 7.99. The van der Waals surface area contributed by atoms with E-state index in [2.05, 4.69) is 36.3 Å². The topological polar surface area (TPSA) is 77.2 Å². The van der Waals surface area contributed by atoms with Crippen LogP contribution in [0.4, 0.5) is 5.69 Å². The Kier molecular flexibility index (Phi) is 6.46. The number of nitrogens with zero attached hydrogens (tertiary/aromatic N) is 2. The number of hydrogen-bond donors (Lipinski definition) is 1. The minimum atomic E-state index is -0.195. The van der Waals surface area contributed by atoms with E-state index in [0.717, 1.165) is 20.5 Å². The minimum Gasteiger partial charge on any atom is -0.495 e. The van der Waals surface area contributed by atoms with Crippen LogP contribution in [0.3, 0.4) is 0 Å². The average Bonchev–Trinajstić information content (AvgIpc) is 3.36. The van der Waals surface area contributed by atoms with Gasteiger partial charge in [0.05, 0.1) is 23.6 Å². The molecule has 166 valence electrons. The summed E-state index contributed by atoms with van der Waals surface area (Å²) in [6, 6.07) is 13.6. The zero-order valence-corrected chi connectivity index (χ0v) is 20.5. The molecule has 0 fully saturated rings. The molecule has 4 aromatic rings. The van der Waals surface area contributed by atoms with E-state index in [-0.39, 0.29) is 17.1 Å². The zero-order chi connectivity index (χ0) is 22.9. The zero-order valence-electron chi connectivity index (χ0n) is 18.1. The molecule has 0 unspecified atom stereocenters. The van der Waals surface area contributed by atoms with Gasteiger partial charge in [-0.1, -0.05) is 68.4 Å². The predicted octanol–water partition coefficient (Wildman–Crippen LogP) is 6.64. The van der Waals surface area contributed by atoms with Crippen molar-refractivity contribution in [3.63, 3.8) is 0 Å². The summed E-state index contributed by atoms with van der Waals surface area (Å²) in [6.45, 7) is 6.35. The van der Waals surface area contributed by atoms with Crippen LogP contribution < -0.4 is 10.1 Å². The van der Waals surface area contributed by atoms with Gasteiger partial charge >= 0.3 is 0 Å². The second-order valence-corrected chi connectivity index (χ2v) is 10.5. The van der Waals surface area contributed by atoms with Crippen molar-refractivity contribution in [3.05, 3.63) is 53.1 Å². The molecule has 0 saturated heterocycles. The van der Waals surface area contributed by atoms with Crippen molar-refractivity contribution in [2.75, 3.05) is 18.2 Å². The minimum absolute atomic E-state index is 0.0471. The van der Waals surface area contributed by atoms with Crippen LogP contribution in [0, 0.1) is 0 Å². The third-order valence-corrected chi connectivity index (χ3v) is 7.28. The highest BCUT2D eigenvalue weighted by Crippen LogP contribution is 2.41. The van der Waals surface area contributed by atoms with Gasteiger partial charge in [0.1, 0.15) is 10.6 Å². The van der Waals surface area contributed by atoms with Crippen LogP contribution in [0.2, 0.25) is 5.02 Å². The molecule has 0 bridgehead atoms. The first kappa shape index (κ1) is 22.6. The number of rotatable bonds is 6. The summed E-state index contributed by atoms with van der Waals surface area (Å²) in [7, 11) is 1.58. The number of benzene rings is 2. The molecule has 2 aromatic carbocycles. The summed E-state index contributed by atoms with van der Waals surface area (Å²) in [5, 5.41) is 12.9. The second-order valence-electron chi connectivity index (χ2n) is 8.12. The fourth-order valence-electron chi connectivity index (χ4n) is 3.10. The van der Waals surface area contributed by atoms with E-state index < -0.39 is 0 Å². The van der Waals surface area contributed by atoms with Crippen LogP contribution >= 0.6 is 34.7 Å². The number of fused-ring (bicyclic) bond motifs is 1. The van der Waals surface area contributed by atoms with E-state index in [1.165, 1.54) is 23.1 Å². The number of thioether (sulfide) groups is 1. The van der Waals surface area contributed by atoms with Crippen molar-refractivity contribution in [1.29, 1.82) is 0 Å². The Morgan fingerprint density at radius 3 is 2.72 bits per heavy atom. The molecular weight excluding hydrogens is 466 g/mol. The third-order valence-electron chi connectivity index (χ3n) is 4.80. The summed E-state index contributed by atoms with van der Waals surface area (Å²) in [5.41, 5.74) is 1.69. The molecule has 0 aliphatic heterocycles. The van der Waals surface area contributed by atoms with Gasteiger partial charge in [-0.05, 0) is 29.2 Å². The van der Waals surface area contributed by atoms with Gasteiger partial charge in [0.25, 0.3) is 11.1 Å². The maximum atomic E-state index is 12.6. The van der Waals surface area contributed by atoms with Gasteiger partial charge in [0.2, 0.25) is 5.91 Å². The number of halogens is 1. The number of nitrogens with one attached hydrogen (secondary N) is 1. The van der Waals surface area contributed by atoms with Crippen LogP contribution in [0.1, 0.15) is 26.3 Å². The third kappa shape index (κ3) is 4.77. The molecule has 32 heavy (non-hydrogen) atoms. The Bertz CT molecular complexity index is 1280. The summed E-state index contributed by atoms with van der Waals surface area (Å²) in [6.07, 6.45) is 0. The number of hydrogen-bond acceptors (Lipinski definition) is 7. The van der Waals surface area contributed by atoms with E-state index in [9.17, 15) is 4.79 Å². The fourth-order valence-corrected chi connectivity index (χ4v) is 5.09. The molecule has 4 rings (SSSR count). The lowest BCUT2D eigenvalue weighted by atomic mass is 9.87. The molecule has 0 aliphatic carbocycles. The predicted molar refractivity (Wildman–Crippen MR) is 131 cm³/mol. The van der Waals surface area contributed by atoms with Crippen LogP contribution in [0.25, 0.3) is 20.9 Å². The molecule has 2 aromatic heterocycles. The number of ether oxygens (including phenoxy) is 1. The van der Waals surface area contributed by atoms with E-state index in [1.807, 2.05) is 42.5 Å². The maximum Gasteiger partial charge on any atom is 0.277 e. The molecule has 9 heteroatoms. The molecule has 0 aliphatic rings. The lowest BCUT2D eigenvalue weighted by molar-refractivity contribution is -0.113. The molecule has 0 radical (unpaired) electrons. The van der Waals surface area contributed by atoms with Crippen molar-refractivity contribution in [2.24, 2.45) is 0 Å². The van der Waals surface area contributed by atoms with Crippen molar-refractivity contribution in [3.8, 4) is 16.5 Å². The Morgan fingerprint density at radius 1 is 1.22 bits per heavy atom. The quantitative estimate of drug-likeness (QED) is 0.307. The van der Waals surface area contributed by atoms with Gasteiger partial charge in [-0.3, -0.25) is 4.79 Å². The summed E-state index contributed by atoms with van der Waals surface area (Å²) >= 11 is 9.15. The summed E-state index contributed by atoms with van der Waals surface area (Å²) in [5.74, 6) is 0.874. The van der Waals surface area contributed by atoms with Gasteiger partial charge in [0, 0.05) is 10.1 Å². The number of anilines is 1. The van der Waals surface area contributed by atoms with E-state index in [1.54, 1.807) is 7.11 Å². The van der Waals surface area contributed by atoms with Gasteiger partial charge in [0.15, 0.2) is 0 Å². The molecule has 1 amide bonds. The van der Waals surface area contributed by atoms with Crippen molar-refractivity contribution in [2.45, 2.75) is 31.4 Å². The molecule has 6 nitrogen and oxygen atoms in total. The Hall–Kier alpha value is -2.55. The number of carbonyl (C=O) groups excluding carboxylic acids is 1. The number of methoxy groups -OCH3 is 1. The molecule has 0 saturated carbocycles. The highest BCUT2D eigenvalue weighted by Gasteiger charge is 2.20. The number of carbonyl (C=O) groups is 1. The standard InChI is InChI=1S/C23H22ClN3O3S2/c1-23(2,3)13-9-10-16(29-4)15(11-13)25-18(28)12-31-22-27-26-21(30-22)20-19(24)14-7-5-6-8-17(14)32-20/h5-11H,12H2,1-4H3,(H,25,28). The van der Waals surface area contributed by atoms with Crippen molar-refractivity contribution < 1.29 is 13.9 Å². The lowest BCUT2D eigenvalue weighted by Crippen LogP contribution is -2.17. The first-order valence-corrected chi connectivity index (χ1v) is 12.1. The van der Waals surface area contributed by atoms with E-state index >= 15 is 0 Å². The molecule has 1 N–H and O–H groups in total. The molecule has 0 atom stereocenters. The maximum absolute atomic E-state index is 12.6. The number of thiophene rings is 1. The van der Waals surface area contributed by atoms with Gasteiger partial charge in [-0.15, -0.1) is 21.5 Å². The summed E-state index contributed by atoms with van der Waals surface area (Å²) in [4.78, 5) is 13.3. The van der Waals surface area contributed by atoms with Crippen LogP contribution in [0.15, 0.2) is 52.1 Å². The van der Waals surface area contributed by atoms with Gasteiger partial charge < -0.3 is 14.5 Å². The average molecular weight is 488 g/mol.